The van der Waals surface area contributed by atoms with Gasteiger partial charge in [-0.05, 0) is 31.0 Å². The van der Waals surface area contributed by atoms with Gasteiger partial charge in [0.2, 0.25) is 5.91 Å². The molecule has 0 saturated carbocycles. The Morgan fingerprint density at radius 3 is 2.89 bits per heavy atom. The van der Waals surface area contributed by atoms with Crippen LogP contribution in [0.4, 0.5) is 5.69 Å². The Labute approximate surface area is 167 Å². The van der Waals surface area contributed by atoms with Crippen LogP contribution in [-0.4, -0.2) is 54.6 Å². The molecule has 27 heavy (non-hydrogen) atoms. The molecule has 1 aromatic carbocycles. The van der Waals surface area contributed by atoms with Gasteiger partial charge in [0.15, 0.2) is 5.78 Å². The van der Waals surface area contributed by atoms with Crippen molar-refractivity contribution in [1.82, 2.24) is 4.90 Å². The minimum Gasteiger partial charge on any atom is -0.378 e. The summed E-state index contributed by atoms with van der Waals surface area (Å²) in [5.41, 5.74) is 2.76. The van der Waals surface area contributed by atoms with Crippen LogP contribution < -0.4 is 4.90 Å². The molecule has 0 aliphatic carbocycles. The van der Waals surface area contributed by atoms with Crippen LogP contribution in [0, 0.1) is 0 Å². The van der Waals surface area contributed by atoms with Crippen molar-refractivity contribution in [3.05, 3.63) is 40.1 Å². The number of ether oxygens (including phenoxy) is 1. The highest BCUT2D eigenvalue weighted by atomic mass is 79.9. The van der Waals surface area contributed by atoms with Gasteiger partial charge in [0.25, 0.3) is 0 Å². The summed E-state index contributed by atoms with van der Waals surface area (Å²) < 4.78 is 6.40. The number of amides is 1. The van der Waals surface area contributed by atoms with E-state index in [2.05, 4.69) is 32.7 Å². The van der Waals surface area contributed by atoms with E-state index in [1.54, 1.807) is 6.08 Å². The highest BCUT2D eigenvalue weighted by molar-refractivity contribution is 9.10. The predicted octanol–water partition coefficient (Wildman–Crippen LogP) is 2.70. The fourth-order valence-corrected chi connectivity index (χ4v) is 4.44. The van der Waals surface area contributed by atoms with E-state index < -0.39 is 0 Å². The van der Waals surface area contributed by atoms with Gasteiger partial charge < -0.3 is 14.5 Å². The number of ketones is 1. The third-order valence-electron chi connectivity index (χ3n) is 5.19. The fraction of sp³-hybridized carbons (Fsp3) is 0.450. The molecular formula is C20H22BrN3O3. The van der Waals surface area contributed by atoms with Crippen molar-refractivity contribution < 1.29 is 14.3 Å². The summed E-state index contributed by atoms with van der Waals surface area (Å²) in [5, 5.41) is 0. The van der Waals surface area contributed by atoms with Gasteiger partial charge in [-0.3, -0.25) is 9.59 Å². The van der Waals surface area contributed by atoms with Crippen LogP contribution >= 0.6 is 15.9 Å². The van der Waals surface area contributed by atoms with E-state index in [4.69, 9.17) is 4.74 Å². The lowest BCUT2D eigenvalue weighted by Gasteiger charge is -2.30. The Hall–Kier alpha value is -1.99. The number of anilines is 1. The van der Waals surface area contributed by atoms with Gasteiger partial charge in [-0.25, -0.2) is 4.99 Å². The number of aliphatic imine (C=N–C) groups is 1. The second-order valence-corrected chi connectivity index (χ2v) is 8.01. The summed E-state index contributed by atoms with van der Waals surface area (Å²) in [6.07, 6.45) is 2.80. The van der Waals surface area contributed by atoms with Gasteiger partial charge in [-0.2, -0.15) is 0 Å². The Balaban J connectivity index is 1.53. The molecule has 0 aromatic heterocycles. The van der Waals surface area contributed by atoms with Gasteiger partial charge in [0.1, 0.15) is 5.82 Å². The van der Waals surface area contributed by atoms with Crippen molar-refractivity contribution in [3.63, 3.8) is 0 Å². The smallest absolute Gasteiger partial charge is 0.232 e. The van der Waals surface area contributed by atoms with E-state index in [1.165, 1.54) is 0 Å². The maximum absolute atomic E-state index is 13.1. The molecule has 0 spiro atoms. The molecule has 6 nitrogen and oxygen atoms in total. The second kappa shape index (κ2) is 7.56. The zero-order chi connectivity index (χ0) is 19.0. The number of allylic oxidation sites excluding steroid dienone is 1. The summed E-state index contributed by atoms with van der Waals surface area (Å²) in [7, 11) is 0. The molecule has 0 N–H and O–H groups in total. The van der Waals surface area contributed by atoms with E-state index in [1.807, 2.05) is 23.1 Å². The number of nitrogens with zero attached hydrogens (tertiary/aromatic N) is 3. The molecule has 0 unspecified atom stereocenters. The number of morpholine rings is 1. The molecule has 1 aromatic rings. The molecule has 3 aliphatic heterocycles. The number of carbonyl (C=O) groups is 2. The molecule has 3 heterocycles. The average molecular weight is 432 g/mol. The van der Waals surface area contributed by atoms with Crippen molar-refractivity contribution in [2.75, 3.05) is 31.2 Å². The lowest BCUT2D eigenvalue weighted by Crippen LogP contribution is -2.38. The number of hydrogen-bond acceptors (Lipinski definition) is 5. The van der Waals surface area contributed by atoms with Crippen LogP contribution in [0.5, 0.6) is 0 Å². The molecule has 7 heteroatoms. The number of hydrogen-bond donors (Lipinski definition) is 0. The standard InChI is InChI=1S/C20H22BrN3O3/c1-13-9-16-17(21)3-2-4-18(16)24(13)20(26)11-14-10-15(25)12-19(22-14)23-5-7-27-8-6-23/h2-4,12-13H,5-11H2,1H3/t13-/m0/s1. The normalized spacial score (nSPS) is 22.4. The van der Waals surface area contributed by atoms with E-state index in [0.717, 1.165) is 22.1 Å². The fourth-order valence-electron chi connectivity index (χ4n) is 3.93. The largest absolute Gasteiger partial charge is 0.378 e. The quantitative estimate of drug-likeness (QED) is 0.737. The Bertz CT molecular complexity index is 843. The molecule has 1 saturated heterocycles. The van der Waals surface area contributed by atoms with Crippen LogP contribution in [0.2, 0.25) is 0 Å². The molecule has 1 fully saturated rings. The lowest BCUT2D eigenvalue weighted by molar-refractivity contribution is -0.117. The summed E-state index contributed by atoms with van der Waals surface area (Å²) in [6.45, 7) is 4.75. The number of carbonyl (C=O) groups excluding carboxylic acids is 2. The highest BCUT2D eigenvalue weighted by Crippen LogP contribution is 2.37. The molecule has 1 amide bonds. The first kappa shape index (κ1) is 18.4. The topological polar surface area (TPSA) is 62.2 Å². The van der Waals surface area contributed by atoms with Crippen LogP contribution in [0.1, 0.15) is 25.3 Å². The summed E-state index contributed by atoms with van der Waals surface area (Å²) in [4.78, 5) is 33.8. The minimum absolute atomic E-state index is 0.00544. The zero-order valence-corrected chi connectivity index (χ0v) is 16.9. The van der Waals surface area contributed by atoms with Gasteiger partial charge in [-0.15, -0.1) is 0 Å². The Kier molecular flexibility index (Phi) is 5.14. The average Bonchev–Trinajstić information content (AvgIpc) is 2.99. The zero-order valence-electron chi connectivity index (χ0n) is 15.3. The first-order valence-corrected chi connectivity index (χ1v) is 10.1. The van der Waals surface area contributed by atoms with Gasteiger partial charge >= 0.3 is 0 Å². The molecule has 0 bridgehead atoms. The number of rotatable bonds is 3. The molecular weight excluding hydrogens is 410 g/mol. The Morgan fingerprint density at radius 2 is 2.11 bits per heavy atom. The summed E-state index contributed by atoms with van der Waals surface area (Å²) >= 11 is 3.58. The van der Waals surface area contributed by atoms with Gasteiger partial charge in [-0.1, -0.05) is 22.0 Å². The van der Waals surface area contributed by atoms with Crippen LogP contribution in [0.3, 0.4) is 0 Å². The molecule has 3 aliphatic rings. The van der Waals surface area contributed by atoms with Crippen molar-refractivity contribution in [3.8, 4) is 0 Å². The van der Waals surface area contributed by atoms with Crippen molar-refractivity contribution >= 4 is 39.0 Å². The second-order valence-electron chi connectivity index (χ2n) is 7.15. The van der Waals surface area contributed by atoms with E-state index in [9.17, 15) is 9.59 Å². The highest BCUT2D eigenvalue weighted by Gasteiger charge is 2.33. The monoisotopic (exact) mass is 431 g/mol. The van der Waals surface area contributed by atoms with Crippen LogP contribution in [0.25, 0.3) is 0 Å². The summed E-state index contributed by atoms with van der Waals surface area (Å²) in [6, 6.07) is 6.03. The molecule has 1 atom stereocenters. The van der Waals surface area contributed by atoms with Gasteiger partial charge in [0.05, 0.1) is 19.6 Å². The van der Waals surface area contributed by atoms with E-state index >= 15 is 0 Å². The summed E-state index contributed by atoms with van der Waals surface area (Å²) in [5.74, 6) is 0.663. The van der Waals surface area contributed by atoms with Crippen molar-refractivity contribution in [1.29, 1.82) is 0 Å². The molecule has 4 rings (SSSR count). The SMILES string of the molecule is C[C@H]1Cc2c(Br)cccc2N1C(=O)CC1=NC(N2CCOCC2)=CC(=O)C1. The van der Waals surface area contributed by atoms with E-state index in [-0.39, 0.29) is 30.6 Å². The molecule has 142 valence electrons. The number of benzene rings is 1. The lowest BCUT2D eigenvalue weighted by atomic mass is 10.1. The predicted molar refractivity (Wildman–Crippen MR) is 107 cm³/mol. The van der Waals surface area contributed by atoms with Crippen molar-refractivity contribution in [2.24, 2.45) is 4.99 Å². The van der Waals surface area contributed by atoms with Crippen molar-refractivity contribution in [2.45, 2.75) is 32.2 Å². The third kappa shape index (κ3) is 3.71. The molecule has 0 radical (unpaired) electrons. The maximum atomic E-state index is 13.1. The Morgan fingerprint density at radius 1 is 1.33 bits per heavy atom. The van der Waals surface area contributed by atoms with Crippen LogP contribution in [-0.2, 0) is 20.7 Å². The first-order chi connectivity index (χ1) is 13.0. The number of halogens is 1. The maximum Gasteiger partial charge on any atom is 0.232 e. The third-order valence-corrected chi connectivity index (χ3v) is 5.94. The first-order valence-electron chi connectivity index (χ1n) is 9.26. The van der Waals surface area contributed by atoms with Crippen LogP contribution in [0.15, 0.2) is 39.6 Å². The minimum atomic E-state index is -0.00544. The number of fused-ring (bicyclic) bond motifs is 1. The van der Waals surface area contributed by atoms with Gasteiger partial charge in [0, 0.05) is 47.5 Å². The van der Waals surface area contributed by atoms with E-state index in [0.29, 0.717) is 37.8 Å².